The van der Waals surface area contributed by atoms with Crippen molar-refractivity contribution in [3.05, 3.63) is 102 Å². The lowest BCUT2D eigenvalue weighted by atomic mass is 10.1. The van der Waals surface area contributed by atoms with Gasteiger partial charge in [0.05, 0.1) is 5.69 Å². The van der Waals surface area contributed by atoms with Crippen LogP contribution in [0.4, 0.5) is 17.2 Å². The van der Waals surface area contributed by atoms with E-state index < -0.39 is 0 Å². The molecular weight excluding hydrogens is 360 g/mol. The summed E-state index contributed by atoms with van der Waals surface area (Å²) in [5.41, 5.74) is 5.29. The molecule has 1 amide bonds. The molecule has 0 spiro atoms. The SMILES string of the molecule is Cc1ccc(-c2cc(Nc3ccc(C(=O)Nc4ccccc4)cc3)ncn2)cc1. The number of anilines is 3. The Labute approximate surface area is 169 Å². The number of hydrogen-bond donors (Lipinski definition) is 2. The van der Waals surface area contributed by atoms with Gasteiger partial charge in [-0.05, 0) is 43.3 Å². The monoisotopic (exact) mass is 380 g/mol. The van der Waals surface area contributed by atoms with Gasteiger partial charge in [-0.15, -0.1) is 0 Å². The molecular formula is C24H20N4O. The van der Waals surface area contributed by atoms with Crippen molar-refractivity contribution in [2.24, 2.45) is 0 Å². The van der Waals surface area contributed by atoms with Gasteiger partial charge in [0, 0.05) is 28.6 Å². The van der Waals surface area contributed by atoms with Gasteiger partial charge in [-0.3, -0.25) is 4.79 Å². The molecule has 0 saturated heterocycles. The zero-order valence-electron chi connectivity index (χ0n) is 16.0. The molecule has 0 bridgehead atoms. The number of carbonyl (C=O) groups is 1. The van der Waals surface area contributed by atoms with Crippen LogP contribution in [0.1, 0.15) is 15.9 Å². The zero-order valence-corrected chi connectivity index (χ0v) is 16.0. The van der Waals surface area contributed by atoms with E-state index in [9.17, 15) is 4.79 Å². The van der Waals surface area contributed by atoms with Gasteiger partial charge in [0.25, 0.3) is 5.91 Å². The van der Waals surface area contributed by atoms with Gasteiger partial charge >= 0.3 is 0 Å². The normalized spacial score (nSPS) is 10.4. The van der Waals surface area contributed by atoms with Gasteiger partial charge in [-0.1, -0.05) is 48.0 Å². The lowest BCUT2D eigenvalue weighted by molar-refractivity contribution is 0.102. The topological polar surface area (TPSA) is 66.9 Å². The smallest absolute Gasteiger partial charge is 0.255 e. The van der Waals surface area contributed by atoms with Gasteiger partial charge in [0.2, 0.25) is 0 Å². The maximum atomic E-state index is 12.4. The molecule has 0 aliphatic heterocycles. The summed E-state index contributed by atoms with van der Waals surface area (Å²) in [6, 6.07) is 26.8. The summed E-state index contributed by atoms with van der Waals surface area (Å²) in [7, 11) is 0. The predicted molar refractivity (Wildman–Crippen MR) is 116 cm³/mol. The number of carbonyl (C=O) groups excluding carboxylic acids is 1. The standard InChI is InChI=1S/C24H20N4O/c1-17-7-9-18(10-8-17)22-15-23(26-16-25-22)27-21-13-11-19(12-14-21)24(29)28-20-5-3-2-4-6-20/h2-16H,1H3,(H,28,29)(H,25,26,27). The lowest BCUT2D eigenvalue weighted by Crippen LogP contribution is -2.11. The van der Waals surface area contributed by atoms with Crippen molar-refractivity contribution in [1.29, 1.82) is 0 Å². The Kier molecular flexibility index (Phi) is 5.29. The van der Waals surface area contributed by atoms with Crippen molar-refractivity contribution in [2.75, 3.05) is 10.6 Å². The number of nitrogens with zero attached hydrogens (tertiary/aromatic N) is 2. The Morgan fingerprint density at radius 1 is 0.793 bits per heavy atom. The van der Waals surface area contributed by atoms with Gasteiger partial charge in [0.15, 0.2) is 0 Å². The molecule has 29 heavy (non-hydrogen) atoms. The molecule has 0 aliphatic rings. The van der Waals surface area contributed by atoms with Crippen LogP contribution in [-0.4, -0.2) is 15.9 Å². The van der Waals surface area contributed by atoms with E-state index in [0.717, 1.165) is 22.6 Å². The highest BCUT2D eigenvalue weighted by Gasteiger charge is 2.07. The van der Waals surface area contributed by atoms with Crippen molar-refractivity contribution >= 4 is 23.1 Å². The van der Waals surface area contributed by atoms with Crippen LogP contribution in [0.3, 0.4) is 0 Å². The molecule has 2 N–H and O–H groups in total. The molecule has 1 aromatic heterocycles. The second-order valence-electron chi connectivity index (χ2n) is 6.68. The molecule has 3 aromatic carbocycles. The average molecular weight is 380 g/mol. The van der Waals surface area contributed by atoms with E-state index in [2.05, 4.69) is 39.7 Å². The Bertz CT molecular complexity index is 1110. The number of rotatable bonds is 5. The van der Waals surface area contributed by atoms with E-state index in [0.29, 0.717) is 11.4 Å². The fourth-order valence-electron chi connectivity index (χ4n) is 2.89. The maximum absolute atomic E-state index is 12.4. The molecule has 0 radical (unpaired) electrons. The average Bonchev–Trinajstić information content (AvgIpc) is 2.76. The third kappa shape index (κ3) is 4.65. The maximum Gasteiger partial charge on any atom is 0.255 e. The minimum atomic E-state index is -0.147. The number of hydrogen-bond acceptors (Lipinski definition) is 4. The first-order valence-corrected chi connectivity index (χ1v) is 9.30. The molecule has 0 aliphatic carbocycles. The lowest BCUT2D eigenvalue weighted by Gasteiger charge is -2.09. The number of amides is 1. The number of aromatic nitrogens is 2. The highest BCUT2D eigenvalue weighted by molar-refractivity contribution is 6.04. The first-order valence-electron chi connectivity index (χ1n) is 9.30. The molecule has 0 fully saturated rings. The third-order valence-electron chi connectivity index (χ3n) is 4.47. The number of para-hydroxylation sites is 1. The summed E-state index contributed by atoms with van der Waals surface area (Å²) in [4.78, 5) is 21.0. The van der Waals surface area contributed by atoms with Crippen LogP contribution in [0, 0.1) is 6.92 Å². The van der Waals surface area contributed by atoms with Crippen LogP contribution in [0.15, 0.2) is 91.3 Å². The first kappa shape index (κ1) is 18.4. The van der Waals surface area contributed by atoms with E-state index in [4.69, 9.17) is 0 Å². The van der Waals surface area contributed by atoms with Crippen LogP contribution in [0.5, 0.6) is 0 Å². The van der Waals surface area contributed by atoms with Gasteiger partial charge in [-0.25, -0.2) is 9.97 Å². The van der Waals surface area contributed by atoms with E-state index in [1.165, 1.54) is 5.56 Å². The summed E-state index contributed by atoms with van der Waals surface area (Å²) >= 11 is 0. The van der Waals surface area contributed by atoms with Gasteiger partial charge < -0.3 is 10.6 Å². The summed E-state index contributed by atoms with van der Waals surface area (Å²) in [6.07, 6.45) is 1.54. The van der Waals surface area contributed by atoms with E-state index >= 15 is 0 Å². The van der Waals surface area contributed by atoms with E-state index in [1.54, 1.807) is 18.5 Å². The molecule has 1 heterocycles. The Morgan fingerprint density at radius 3 is 2.24 bits per heavy atom. The fourth-order valence-corrected chi connectivity index (χ4v) is 2.89. The van der Waals surface area contributed by atoms with E-state index in [-0.39, 0.29) is 5.91 Å². The Hall–Kier alpha value is -3.99. The van der Waals surface area contributed by atoms with Gasteiger partial charge in [-0.2, -0.15) is 0 Å². The number of nitrogens with one attached hydrogen (secondary N) is 2. The van der Waals surface area contributed by atoms with Crippen LogP contribution in [0.2, 0.25) is 0 Å². The van der Waals surface area contributed by atoms with Crippen molar-refractivity contribution in [2.45, 2.75) is 6.92 Å². The Balaban J connectivity index is 1.45. The van der Waals surface area contributed by atoms with Crippen LogP contribution in [-0.2, 0) is 0 Å². The largest absolute Gasteiger partial charge is 0.340 e. The number of aryl methyl sites for hydroxylation is 1. The summed E-state index contributed by atoms with van der Waals surface area (Å²) in [5.74, 6) is 0.545. The molecule has 0 unspecified atom stereocenters. The minimum absolute atomic E-state index is 0.147. The molecule has 142 valence electrons. The van der Waals surface area contributed by atoms with E-state index in [1.807, 2.05) is 60.7 Å². The van der Waals surface area contributed by atoms with Crippen LogP contribution >= 0.6 is 0 Å². The van der Waals surface area contributed by atoms with Crippen molar-refractivity contribution in [3.63, 3.8) is 0 Å². The van der Waals surface area contributed by atoms with Crippen molar-refractivity contribution in [1.82, 2.24) is 9.97 Å². The van der Waals surface area contributed by atoms with Gasteiger partial charge in [0.1, 0.15) is 12.1 Å². The molecule has 4 rings (SSSR count). The molecule has 0 saturated carbocycles. The van der Waals surface area contributed by atoms with Crippen LogP contribution < -0.4 is 10.6 Å². The summed E-state index contributed by atoms with van der Waals surface area (Å²) < 4.78 is 0. The summed E-state index contributed by atoms with van der Waals surface area (Å²) in [6.45, 7) is 2.06. The van der Waals surface area contributed by atoms with Crippen molar-refractivity contribution < 1.29 is 4.79 Å². The highest BCUT2D eigenvalue weighted by Crippen LogP contribution is 2.22. The third-order valence-corrected chi connectivity index (χ3v) is 4.47. The second kappa shape index (κ2) is 8.35. The number of benzene rings is 3. The van der Waals surface area contributed by atoms with Crippen LogP contribution in [0.25, 0.3) is 11.3 Å². The molecule has 5 nitrogen and oxygen atoms in total. The molecule has 5 heteroatoms. The molecule has 4 aromatic rings. The predicted octanol–water partition coefficient (Wildman–Crippen LogP) is 5.45. The fraction of sp³-hybridized carbons (Fsp3) is 0.0417. The Morgan fingerprint density at radius 2 is 1.52 bits per heavy atom. The quantitative estimate of drug-likeness (QED) is 0.483. The zero-order chi connectivity index (χ0) is 20.1. The van der Waals surface area contributed by atoms with Crippen molar-refractivity contribution in [3.8, 4) is 11.3 Å². The summed E-state index contributed by atoms with van der Waals surface area (Å²) in [5, 5.41) is 6.14. The second-order valence-corrected chi connectivity index (χ2v) is 6.68. The molecule has 0 atom stereocenters. The highest BCUT2D eigenvalue weighted by atomic mass is 16.1. The first-order chi connectivity index (χ1) is 14.2. The minimum Gasteiger partial charge on any atom is -0.340 e.